The van der Waals surface area contributed by atoms with Crippen molar-refractivity contribution in [3.8, 4) is 0 Å². The molecule has 0 fully saturated rings. The summed E-state index contributed by atoms with van der Waals surface area (Å²) in [6.07, 6.45) is 0.843. The Morgan fingerprint density at radius 3 is 2.78 bits per heavy atom. The third-order valence-electron chi connectivity index (χ3n) is 2.98. The zero-order chi connectivity index (χ0) is 13.7. The van der Waals surface area contributed by atoms with Crippen molar-refractivity contribution in [1.82, 2.24) is 4.90 Å². The van der Waals surface area contributed by atoms with Crippen LogP contribution in [0.1, 0.15) is 31.4 Å². The van der Waals surface area contributed by atoms with Crippen LogP contribution in [0.2, 0.25) is 5.02 Å². The molecule has 0 heterocycles. The van der Waals surface area contributed by atoms with Crippen molar-refractivity contribution in [3.63, 3.8) is 0 Å². The number of rotatable bonds is 6. The second-order valence-electron chi connectivity index (χ2n) is 4.32. The third kappa shape index (κ3) is 4.59. The number of carbonyl (C=O) groups is 1. The molecule has 3 nitrogen and oxygen atoms in total. The van der Waals surface area contributed by atoms with E-state index in [2.05, 4.69) is 27.8 Å². The maximum atomic E-state index is 10.5. The molecule has 0 amide bonds. The molecule has 0 aliphatic rings. The summed E-state index contributed by atoms with van der Waals surface area (Å²) in [6.45, 7) is 2.80. The summed E-state index contributed by atoms with van der Waals surface area (Å²) in [6, 6.07) is 5.99. The number of aliphatic carboxylic acids is 1. The minimum Gasteiger partial charge on any atom is -0.481 e. The van der Waals surface area contributed by atoms with E-state index in [9.17, 15) is 4.79 Å². The van der Waals surface area contributed by atoms with Crippen LogP contribution in [-0.2, 0) is 4.79 Å². The van der Waals surface area contributed by atoms with Crippen LogP contribution in [0.25, 0.3) is 0 Å². The summed E-state index contributed by atoms with van der Waals surface area (Å²) in [5.74, 6) is -0.752. The van der Waals surface area contributed by atoms with E-state index in [1.807, 2.05) is 25.2 Å². The van der Waals surface area contributed by atoms with Crippen LogP contribution >= 0.6 is 27.5 Å². The lowest BCUT2D eigenvalue weighted by Crippen LogP contribution is -2.24. The van der Waals surface area contributed by atoms with Crippen molar-refractivity contribution in [1.29, 1.82) is 0 Å². The summed E-state index contributed by atoms with van der Waals surface area (Å²) in [5.41, 5.74) is 1.05. The fourth-order valence-electron chi connectivity index (χ4n) is 1.75. The first kappa shape index (κ1) is 15.5. The Morgan fingerprint density at radius 1 is 1.56 bits per heavy atom. The molecule has 0 aliphatic heterocycles. The largest absolute Gasteiger partial charge is 0.481 e. The molecule has 18 heavy (non-hydrogen) atoms. The molecule has 1 rings (SSSR count). The molecule has 0 bridgehead atoms. The molecule has 1 aromatic carbocycles. The van der Waals surface area contributed by atoms with Gasteiger partial charge >= 0.3 is 5.97 Å². The molecule has 1 N–H and O–H groups in total. The molecule has 5 heteroatoms. The van der Waals surface area contributed by atoms with Gasteiger partial charge < -0.3 is 5.11 Å². The average Bonchev–Trinajstić information content (AvgIpc) is 2.27. The Balaban J connectivity index is 2.62. The van der Waals surface area contributed by atoms with Crippen LogP contribution in [0, 0.1) is 0 Å². The van der Waals surface area contributed by atoms with Gasteiger partial charge in [0.1, 0.15) is 0 Å². The Hall–Kier alpha value is -0.580. The molecule has 0 spiro atoms. The Bertz CT molecular complexity index is 425. The van der Waals surface area contributed by atoms with Crippen molar-refractivity contribution in [2.75, 3.05) is 13.6 Å². The van der Waals surface area contributed by atoms with Crippen LogP contribution in [-0.4, -0.2) is 29.6 Å². The van der Waals surface area contributed by atoms with Gasteiger partial charge in [0, 0.05) is 22.0 Å². The number of hydrogen-bond acceptors (Lipinski definition) is 2. The van der Waals surface area contributed by atoms with Crippen molar-refractivity contribution in [2.45, 2.75) is 25.8 Å². The molecule has 0 saturated carbocycles. The lowest BCUT2D eigenvalue weighted by Gasteiger charge is -2.25. The summed E-state index contributed by atoms with van der Waals surface area (Å²) in [7, 11) is 1.98. The number of carboxylic acid groups (broad SMARTS) is 1. The van der Waals surface area contributed by atoms with Gasteiger partial charge in [0.2, 0.25) is 0 Å². The van der Waals surface area contributed by atoms with Gasteiger partial charge in [0.05, 0.1) is 0 Å². The van der Waals surface area contributed by atoms with Crippen LogP contribution in [0.4, 0.5) is 0 Å². The lowest BCUT2D eigenvalue weighted by molar-refractivity contribution is -0.137. The van der Waals surface area contributed by atoms with Gasteiger partial charge in [0.15, 0.2) is 0 Å². The predicted molar refractivity (Wildman–Crippen MR) is 77.1 cm³/mol. The molecular weight excluding hydrogens is 318 g/mol. The molecule has 1 aromatic rings. The Labute approximate surface area is 121 Å². The standard InChI is InChI=1S/C13H17BrClNO2/c1-9(16(2)7-3-4-13(17)18)11-6-5-10(14)8-12(11)15/h5-6,8-9H,3-4,7H2,1-2H3,(H,17,18). The minimum atomic E-state index is -0.752. The van der Waals surface area contributed by atoms with Crippen molar-refractivity contribution in [3.05, 3.63) is 33.3 Å². The van der Waals surface area contributed by atoms with Crippen molar-refractivity contribution >= 4 is 33.5 Å². The fourth-order valence-corrected chi connectivity index (χ4v) is 2.58. The first-order valence-electron chi connectivity index (χ1n) is 5.78. The van der Waals surface area contributed by atoms with Crippen LogP contribution in [0.15, 0.2) is 22.7 Å². The predicted octanol–water partition coefficient (Wildman–Crippen LogP) is 3.96. The monoisotopic (exact) mass is 333 g/mol. The highest BCUT2D eigenvalue weighted by atomic mass is 79.9. The smallest absolute Gasteiger partial charge is 0.303 e. The third-order valence-corrected chi connectivity index (χ3v) is 3.80. The average molecular weight is 335 g/mol. The normalized spacial score (nSPS) is 12.7. The highest BCUT2D eigenvalue weighted by Crippen LogP contribution is 2.29. The Kier molecular flexibility index (Phi) is 6.12. The SMILES string of the molecule is CC(c1ccc(Br)cc1Cl)N(C)CCCC(=O)O. The van der Waals surface area contributed by atoms with E-state index in [4.69, 9.17) is 16.7 Å². The van der Waals surface area contributed by atoms with E-state index < -0.39 is 5.97 Å². The summed E-state index contributed by atoms with van der Waals surface area (Å²) in [5, 5.41) is 9.34. The van der Waals surface area contributed by atoms with Crippen LogP contribution in [0.3, 0.4) is 0 Å². The lowest BCUT2D eigenvalue weighted by atomic mass is 10.1. The van der Waals surface area contributed by atoms with E-state index in [-0.39, 0.29) is 12.5 Å². The molecule has 1 unspecified atom stereocenters. The second-order valence-corrected chi connectivity index (χ2v) is 5.64. The van der Waals surface area contributed by atoms with E-state index in [0.29, 0.717) is 6.42 Å². The van der Waals surface area contributed by atoms with Gasteiger partial charge in [-0.1, -0.05) is 33.6 Å². The fraction of sp³-hybridized carbons (Fsp3) is 0.462. The van der Waals surface area contributed by atoms with E-state index in [1.165, 1.54) is 0 Å². The zero-order valence-electron chi connectivity index (χ0n) is 10.5. The number of nitrogens with zero attached hydrogens (tertiary/aromatic N) is 1. The maximum Gasteiger partial charge on any atom is 0.303 e. The number of carboxylic acids is 1. The molecular formula is C13H17BrClNO2. The van der Waals surface area contributed by atoms with Gasteiger partial charge in [-0.25, -0.2) is 0 Å². The number of hydrogen-bond donors (Lipinski definition) is 1. The van der Waals surface area contributed by atoms with Gasteiger partial charge in [-0.2, -0.15) is 0 Å². The quantitative estimate of drug-likeness (QED) is 0.856. The topological polar surface area (TPSA) is 40.5 Å². The highest BCUT2D eigenvalue weighted by molar-refractivity contribution is 9.10. The maximum absolute atomic E-state index is 10.5. The van der Waals surface area contributed by atoms with Crippen LogP contribution < -0.4 is 0 Å². The molecule has 1 atom stereocenters. The molecule has 0 aromatic heterocycles. The number of halogens is 2. The van der Waals surface area contributed by atoms with Crippen LogP contribution in [0.5, 0.6) is 0 Å². The second kappa shape index (κ2) is 7.12. The zero-order valence-corrected chi connectivity index (χ0v) is 12.8. The highest BCUT2D eigenvalue weighted by Gasteiger charge is 2.14. The minimum absolute atomic E-state index is 0.166. The first-order valence-corrected chi connectivity index (χ1v) is 6.96. The van der Waals surface area contributed by atoms with Gasteiger partial charge in [0.25, 0.3) is 0 Å². The summed E-state index contributed by atoms with van der Waals surface area (Å²) in [4.78, 5) is 12.6. The van der Waals surface area contributed by atoms with Crippen molar-refractivity contribution < 1.29 is 9.90 Å². The van der Waals surface area contributed by atoms with Gasteiger partial charge in [-0.15, -0.1) is 0 Å². The first-order chi connectivity index (χ1) is 8.41. The number of benzene rings is 1. The molecule has 0 saturated heterocycles. The van der Waals surface area contributed by atoms with Gasteiger partial charge in [-0.05, 0) is 44.6 Å². The van der Waals surface area contributed by atoms with E-state index in [0.717, 1.165) is 21.6 Å². The van der Waals surface area contributed by atoms with E-state index >= 15 is 0 Å². The van der Waals surface area contributed by atoms with E-state index in [1.54, 1.807) is 0 Å². The summed E-state index contributed by atoms with van der Waals surface area (Å²) >= 11 is 9.58. The van der Waals surface area contributed by atoms with Gasteiger partial charge in [-0.3, -0.25) is 9.69 Å². The summed E-state index contributed by atoms with van der Waals surface area (Å²) < 4.78 is 0.956. The van der Waals surface area contributed by atoms with Crippen molar-refractivity contribution in [2.24, 2.45) is 0 Å². The molecule has 100 valence electrons. The molecule has 0 aliphatic carbocycles. The molecule has 0 radical (unpaired) electrons. The Morgan fingerprint density at radius 2 is 2.22 bits per heavy atom.